The summed E-state index contributed by atoms with van der Waals surface area (Å²) in [5, 5.41) is 3.38. The normalized spacial score (nSPS) is 16.7. The molecule has 4 rings (SSSR count). The largest absolute Gasteiger partial charge is 0.444 e. The highest BCUT2D eigenvalue weighted by Crippen LogP contribution is 2.21. The molecule has 3 aromatic rings. The summed E-state index contributed by atoms with van der Waals surface area (Å²) in [6, 6.07) is 9.52. The van der Waals surface area contributed by atoms with E-state index in [1.54, 1.807) is 12.5 Å². The van der Waals surface area contributed by atoms with Gasteiger partial charge in [-0.3, -0.25) is 4.79 Å². The van der Waals surface area contributed by atoms with Gasteiger partial charge in [0.2, 0.25) is 0 Å². The number of carbonyl (C=O) groups excluding carboxylic acids is 1. The van der Waals surface area contributed by atoms with E-state index in [1.165, 1.54) is 6.39 Å². The summed E-state index contributed by atoms with van der Waals surface area (Å²) in [7, 11) is 0. The Labute approximate surface area is 151 Å². The molecule has 7 heteroatoms. The van der Waals surface area contributed by atoms with Crippen molar-refractivity contribution in [1.82, 2.24) is 19.9 Å². The van der Waals surface area contributed by atoms with Crippen molar-refractivity contribution in [2.45, 2.75) is 19.4 Å². The van der Waals surface area contributed by atoms with Crippen LogP contribution in [0.2, 0.25) is 0 Å². The highest BCUT2D eigenvalue weighted by molar-refractivity contribution is 5.94. The highest BCUT2D eigenvalue weighted by atomic mass is 16.3. The number of aryl methyl sites for hydroxylation is 1. The molecule has 1 aliphatic heterocycles. The van der Waals surface area contributed by atoms with Crippen LogP contribution in [0.1, 0.15) is 22.5 Å². The third kappa shape index (κ3) is 3.42. The zero-order valence-corrected chi connectivity index (χ0v) is 14.4. The Morgan fingerprint density at radius 1 is 1.27 bits per heavy atom. The molecule has 2 aromatic heterocycles. The van der Waals surface area contributed by atoms with Crippen LogP contribution >= 0.6 is 0 Å². The predicted octanol–water partition coefficient (Wildman–Crippen LogP) is 2.77. The van der Waals surface area contributed by atoms with Crippen LogP contribution in [0.5, 0.6) is 0 Å². The molecule has 1 aromatic carbocycles. The van der Waals surface area contributed by atoms with Gasteiger partial charge in [-0.2, -0.15) is 0 Å². The molecule has 132 valence electrons. The lowest BCUT2D eigenvalue weighted by Crippen LogP contribution is -2.31. The van der Waals surface area contributed by atoms with Crippen molar-refractivity contribution in [2.24, 2.45) is 0 Å². The number of amides is 1. The fourth-order valence-corrected chi connectivity index (χ4v) is 3.12. The number of oxazole rings is 1. The zero-order valence-electron chi connectivity index (χ0n) is 14.4. The summed E-state index contributed by atoms with van der Waals surface area (Å²) >= 11 is 0. The van der Waals surface area contributed by atoms with E-state index in [4.69, 9.17) is 4.42 Å². The molecular weight excluding hydrogens is 330 g/mol. The van der Waals surface area contributed by atoms with Gasteiger partial charge < -0.3 is 14.6 Å². The average molecular weight is 349 g/mol. The van der Waals surface area contributed by atoms with E-state index in [1.807, 2.05) is 42.2 Å². The first-order valence-corrected chi connectivity index (χ1v) is 8.52. The molecule has 0 spiro atoms. The van der Waals surface area contributed by atoms with E-state index in [2.05, 4.69) is 20.3 Å². The lowest BCUT2D eigenvalue weighted by molar-refractivity contribution is 0.0791. The van der Waals surface area contributed by atoms with Crippen molar-refractivity contribution in [2.75, 3.05) is 18.4 Å². The van der Waals surface area contributed by atoms with E-state index in [0.29, 0.717) is 17.9 Å². The molecule has 1 saturated heterocycles. The van der Waals surface area contributed by atoms with Crippen molar-refractivity contribution in [3.05, 3.63) is 60.5 Å². The van der Waals surface area contributed by atoms with E-state index >= 15 is 0 Å². The Bertz CT molecular complexity index is 893. The van der Waals surface area contributed by atoms with Crippen LogP contribution in [0.15, 0.2) is 53.7 Å². The molecule has 1 amide bonds. The standard InChI is InChI=1S/C19H19N5O2/c1-13-8-18(22-11-21-13)23-16-6-7-24(10-16)19(25)15-4-2-14(3-5-15)17-9-20-12-26-17/h2-5,8-9,11-12,16H,6-7,10H2,1H3,(H,21,22,23). The van der Waals surface area contributed by atoms with Gasteiger partial charge in [0.1, 0.15) is 12.1 Å². The number of likely N-dealkylation sites (tertiary alicyclic amines) is 1. The molecule has 0 radical (unpaired) electrons. The van der Waals surface area contributed by atoms with Crippen molar-refractivity contribution >= 4 is 11.7 Å². The molecule has 1 atom stereocenters. The first-order chi connectivity index (χ1) is 12.7. The maximum absolute atomic E-state index is 12.7. The number of aromatic nitrogens is 3. The highest BCUT2D eigenvalue weighted by Gasteiger charge is 2.27. The topological polar surface area (TPSA) is 84.2 Å². The van der Waals surface area contributed by atoms with Gasteiger partial charge in [-0.1, -0.05) is 12.1 Å². The molecule has 0 aliphatic carbocycles. The maximum atomic E-state index is 12.7. The van der Waals surface area contributed by atoms with Gasteiger partial charge in [0.05, 0.1) is 6.20 Å². The number of nitrogens with one attached hydrogen (secondary N) is 1. The van der Waals surface area contributed by atoms with Gasteiger partial charge in [-0.25, -0.2) is 15.0 Å². The van der Waals surface area contributed by atoms with Gasteiger partial charge in [0.25, 0.3) is 5.91 Å². The number of carbonyl (C=O) groups is 1. The first-order valence-electron chi connectivity index (χ1n) is 8.52. The van der Waals surface area contributed by atoms with Crippen molar-refractivity contribution in [3.63, 3.8) is 0 Å². The van der Waals surface area contributed by atoms with Crippen LogP contribution in [-0.4, -0.2) is 44.9 Å². The minimum Gasteiger partial charge on any atom is -0.444 e. The second-order valence-corrected chi connectivity index (χ2v) is 6.37. The monoisotopic (exact) mass is 349 g/mol. The fraction of sp³-hybridized carbons (Fsp3) is 0.263. The van der Waals surface area contributed by atoms with E-state index in [0.717, 1.165) is 30.0 Å². The van der Waals surface area contributed by atoms with Crippen LogP contribution in [-0.2, 0) is 0 Å². The molecular formula is C19H19N5O2. The number of hydrogen-bond acceptors (Lipinski definition) is 6. The van der Waals surface area contributed by atoms with Crippen LogP contribution in [0.25, 0.3) is 11.3 Å². The van der Waals surface area contributed by atoms with Gasteiger partial charge >= 0.3 is 0 Å². The summed E-state index contributed by atoms with van der Waals surface area (Å²) in [6.07, 6.45) is 5.49. The Morgan fingerprint density at radius 2 is 2.12 bits per heavy atom. The molecule has 1 aliphatic rings. The zero-order chi connectivity index (χ0) is 17.9. The van der Waals surface area contributed by atoms with Crippen LogP contribution in [0.4, 0.5) is 5.82 Å². The lowest BCUT2D eigenvalue weighted by Gasteiger charge is -2.17. The Balaban J connectivity index is 1.39. The minimum atomic E-state index is 0.0392. The van der Waals surface area contributed by atoms with E-state index in [9.17, 15) is 4.79 Å². The van der Waals surface area contributed by atoms with Crippen molar-refractivity contribution in [3.8, 4) is 11.3 Å². The quantitative estimate of drug-likeness (QED) is 0.780. The summed E-state index contributed by atoms with van der Waals surface area (Å²) in [4.78, 5) is 26.8. The molecule has 26 heavy (non-hydrogen) atoms. The van der Waals surface area contributed by atoms with Gasteiger partial charge in [-0.05, 0) is 25.5 Å². The lowest BCUT2D eigenvalue weighted by atomic mass is 10.1. The molecule has 1 N–H and O–H groups in total. The number of nitrogens with zero attached hydrogens (tertiary/aromatic N) is 4. The van der Waals surface area contributed by atoms with Crippen LogP contribution < -0.4 is 5.32 Å². The molecule has 1 fully saturated rings. The first kappa shape index (κ1) is 16.3. The number of anilines is 1. The predicted molar refractivity (Wildman–Crippen MR) is 96.6 cm³/mol. The Kier molecular flexibility index (Phi) is 4.35. The number of hydrogen-bond donors (Lipinski definition) is 1. The number of rotatable bonds is 4. The second kappa shape index (κ2) is 6.95. The van der Waals surface area contributed by atoms with Crippen molar-refractivity contribution < 1.29 is 9.21 Å². The van der Waals surface area contributed by atoms with E-state index < -0.39 is 0 Å². The number of benzene rings is 1. The molecule has 0 bridgehead atoms. The molecule has 1 unspecified atom stereocenters. The Hall–Kier alpha value is -3.22. The molecule has 3 heterocycles. The average Bonchev–Trinajstić information content (AvgIpc) is 3.33. The second-order valence-electron chi connectivity index (χ2n) is 6.37. The van der Waals surface area contributed by atoms with Crippen molar-refractivity contribution in [1.29, 1.82) is 0 Å². The van der Waals surface area contributed by atoms with E-state index in [-0.39, 0.29) is 11.9 Å². The van der Waals surface area contributed by atoms with Gasteiger partial charge in [0, 0.05) is 42.0 Å². The maximum Gasteiger partial charge on any atom is 0.253 e. The van der Waals surface area contributed by atoms with Crippen LogP contribution in [0, 0.1) is 6.92 Å². The third-order valence-electron chi connectivity index (χ3n) is 4.48. The fourth-order valence-electron chi connectivity index (χ4n) is 3.12. The SMILES string of the molecule is Cc1cc(NC2CCN(C(=O)c3ccc(-c4cnco4)cc3)C2)ncn1. The molecule has 7 nitrogen and oxygen atoms in total. The summed E-state index contributed by atoms with van der Waals surface area (Å²) in [6.45, 7) is 3.32. The van der Waals surface area contributed by atoms with Gasteiger partial charge in [-0.15, -0.1) is 0 Å². The Morgan fingerprint density at radius 3 is 2.85 bits per heavy atom. The summed E-state index contributed by atoms with van der Waals surface area (Å²) < 4.78 is 5.27. The smallest absolute Gasteiger partial charge is 0.253 e. The molecule has 0 saturated carbocycles. The van der Waals surface area contributed by atoms with Gasteiger partial charge in [0.15, 0.2) is 12.2 Å². The third-order valence-corrected chi connectivity index (χ3v) is 4.48. The van der Waals surface area contributed by atoms with Crippen LogP contribution in [0.3, 0.4) is 0 Å². The minimum absolute atomic E-state index is 0.0392. The summed E-state index contributed by atoms with van der Waals surface area (Å²) in [5.74, 6) is 1.53. The summed E-state index contributed by atoms with van der Waals surface area (Å²) in [5.41, 5.74) is 2.49.